The van der Waals surface area contributed by atoms with Crippen LogP contribution in [0.2, 0.25) is 0 Å². The van der Waals surface area contributed by atoms with Crippen LogP contribution in [-0.4, -0.2) is 21.6 Å². The minimum Gasteiger partial charge on any atom is -0.496 e. The van der Waals surface area contributed by atoms with E-state index < -0.39 is 16.2 Å². The highest BCUT2D eigenvalue weighted by Gasteiger charge is 2.40. The summed E-state index contributed by atoms with van der Waals surface area (Å²) in [6, 6.07) is 14.7. The summed E-state index contributed by atoms with van der Waals surface area (Å²) in [5.41, 5.74) is 2.19. The van der Waals surface area contributed by atoms with Gasteiger partial charge in [-0.1, -0.05) is 56.7 Å². The molecule has 0 saturated heterocycles. The molecular weight excluding hydrogens is 384 g/mol. The van der Waals surface area contributed by atoms with Crippen molar-refractivity contribution < 1.29 is 17.3 Å². The van der Waals surface area contributed by atoms with Gasteiger partial charge in [0.05, 0.1) is 18.1 Å². The summed E-state index contributed by atoms with van der Waals surface area (Å²) in [5, 5.41) is 0. The minimum absolute atomic E-state index is 0.0376. The number of ether oxygens (including phenoxy) is 1. The van der Waals surface area contributed by atoms with Crippen molar-refractivity contribution in [2.45, 2.75) is 63.9 Å². The molecule has 0 aliphatic heterocycles. The Labute approximate surface area is 175 Å². The number of hydrogen-bond acceptors (Lipinski definition) is 4. The fourth-order valence-corrected chi connectivity index (χ4v) is 5.40. The van der Waals surface area contributed by atoms with Crippen LogP contribution in [0, 0.1) is 18.3 Å². The summed E-state index contributed by atoms with van der Waals surface area (Å²) in [7, 11) is -2.18. The van der Waals surface area contributed by atoms with Crippen LogP contribution in [0.25, 0.3) is 0 Å². The quantitative estimate of drug-likeness (QED) is 0.586. The monoisotopic (exact) mass is 416 g/mol. The van der Waals surface area contributed by atoms with Gasteiger partial charge in [-0.05, 0) is 61.3 Å². The lowest BCUT2D eigenvalue weighted by atomic mass is 9.66. The van der Waals surface area contributed by atoms with Crippen LogP contribution in [0.5, 0.6) is 5.75 Å². The molecule has 0 heterocycles. The van der Waals surface area contributed by atoms with Crippen molar-refractivity contribution in [1.29, 1.82) is 0 Å². The van der Waals surface area contributed by atoms with Crippen molar-refractivity contribution in [3.63, 3.8) is 0 Å². The first-order valence-corrected chi connectivity index (χ1v) is 11.7. The topological polar surface area (TPSA) is 52.6 Å². The lowest BCUT2D eigenvalue weighted by molar-refractivity contribution is 0.0704. The molecule has 0 spiro atoms. The van der Waals surface area contributed by atoms with E-state index in [9.17, 15) is 8.42 Å². The fourth-order valence-electron chi connectivity index (χ4n) is 4.27. The molecule has 2 aromatic carbocycles. The number of hydrogen-bond donors (Lipinski definition) is 0. The van der Waals surface area contributed by atoms with Crippen LogP contribution in [0.15, 0.2) is 53.4 Å². The molecule has 1 saturated carbocycles. The maximum atomic E-state index is 13.0. The molecule has 1 fully saturated rings. The Kier molecular flexibility index (Phi) is 6.39. The highest BCUT2D eigenvalue weighted by Crippen LogP contribution is 2.47. The highest BCUT2D eigenvalue weighted by atomic mass is 32.2. The van der Waals surface area contributed by atoms with E-state index in [0.717, 1.165) is 29.7 Å². The Morgan fingerprint density at radius 2 is 1.62 bits per heavy atom. The van der Waals surface area contributed by atoms with Crippen molar-refractivity contribution in [2.24, 2.45) is 11.3 Å². The molecule has 0 radical (unpaired) electrons. The zero-order valence-corrected chi connectivity index (χ0v) is 18.8. The van der Waals surface area contributed by atoms with Gasteiger partial charge >= 0.3 is 0 Å². The summed E-state index contributed by atoms with van der Waals surface area (Å²) in [6.07, 6.45) is 2.12. The van der Waals surface area contributed by atoms with E-state index in [1.165, 1.54) is 0 Å². The summed E-state index contributed by atoms with van der Waals surface area (Å²) in [4.78, 5) is 0.208. The predicted molar refractivity (Wildman–Crippen MR) is 116 cm³/mol. The van der Waals surface area contributed by atoms with E-state index in [2.05, 4.69) is 20.8 Å². The van der Waals surface area contributed by atoms with Crippen LogP contribution in [-0.2, 0) is 14.3 Å². The zero-order chi connectivity index (χ0) is 21.2. The summed E-state index contributed by atoms with van der Waals surface area (Å²) < 4.78 is 37.4. The van der Waals surface area contributed by atoms with Gasteiger partial charge in [0.2, 0.25) is 0 Å². The molecule has 29 heavy (non-hydrogen) atoms. The van der Waals surface area contributed by atoms with Crippen LogP contribution >= 0.6 is 0 Å². The van der Waals surface area contributed by atoms with Crippen LogP contribution < -0.4 is 4.74 Å². The van der Waals surface area contributed by atoms with Gasteiger partial charge in [0.15, 0.2) is 0 Å². The lowest BCUT2D eigenvalue weighted by Gasteiger charge is -2.41. The van der Waals surface area contributed by atoms with Gasteiger partial charge in [0.25, 0.3) is 10.1 Å². The first-order valence-electron chi connectivity index (χ1n) is 10.2. The Morgan fingerprint density at radius 3 is 2.24 bits per heavy atom. The van der Waals surface area contributed by atoms with E-state index in [1.54, 1.807) is 31.4 Å². The maximum Gasteiger partial charge on any atom is 0.297 e. The van der Waals surface area contributed by atoms with E-state index in [0.29, 0.717) is 12.3 Å². The molecule has 0 N–H and O–H groups in total. The third-order valence-corrected chi connectivity index (χ3v) is 7.46. The molecule has 2 aromatic rings. The van der Waals surface area contributed by atoms with Gasteiger partial charge in [-0.25, -0.2) is 0 Å². The number of para-hydroxylation sites is 1. The zero-order valence-electron chi connectivity index (χ0n) is 18.0. The van der Waals surface area contributed by atoms with Crippen molar-refractivity contribution in [2.75, 3.05) is 7.11 Å². The minimum atomic E-state index is -3.83. The van der Waals surface area contributed by atoms with Crippen LogP contribution in [0.3, 0.4) is 0 Å². The number of benzene rings is 2. The average Bonchev–Trinajstić information content (AvgIpc) is 2.67. The SMILES string of the molecule is COc1ccccc1C1CC(C(C)(C)C)CCC1OS(=O)(=O)c1ccc(C)cc1. The number of methoxy groups -OCH3 is 1. The Hall–Kier alpha value is -1.85. The van der Waals surface area contributed by atoms with Crippen molar-refractivity contribution in [1.82, 2.24) is 0 Å². The predicted octanol–water partition coefficient (Wildman–Crippen LogP) is 5.71. The molecule has 158 valence electrons. The Bertz CT molecular complexity index is 926. The van der Waals surface area contributed by atoms with Gasteiger partial charge in [-0.15, -0.1) is 0 Å². The van der Waals surface area contributed by atoms with Crippen molar-refractivity contribution in [3.05, 3.63) is 59.7 Å². The van der Waals surface area contributed by atoms with E-state index in [1.807, 2.05) is 31.2 Å². The van der Waals surface area contributed by atoms with Crippen LogP contribution in [0.1, 0.15) is 57.1 Å². The van der Waals surface area contributed by atoms with Gasteiger partial charge in [0, 0.05) is 5.92 Å². The van der Waals surface area contributed by atoms with Gasteiger partial charge in [-0.2, -0.15) is 8.42 Å². The summed E-state index contributed by atoms with van der Waals surface area (Å²) in [5.74, 6) is 1.23. The molecule has 0 amide bonds. The second kappa shape index (κ2) is 8.49. The van der Waals surface area contributed by atoms with Gasteiger partial charge in [-0.3, -0.25) is 4.18 Å². The number of aryl methyl sites for hydroxylation is 1. The Balaban J connectivity index is 1.94. The summed E-state index contributed by atoms with van der Waals surface area (Å²) >= 11 is 0. The number of rotatable bonds is 5. The molecule has 0 bridgehead atoms. The molecule has 5 heteroatoms. The van der Waals surface area contributed by atoms with Crippen LogP contribution in [0.4, 0.5) is 0 Å². The smallest absolute Gasteiger partial charge is 0.297 e. The molecule has 3 rings (SSSR count). The maximum absolute atomic E-state index is 13.0. The standard InChI is InChI=1S/C24H32O4S/c1-17-10-13-19(14-11-17)29(25,26)28-23-15-12-18(24(2,3)4)16-21(23)20-8-6-7-9-22(20)27-5/h6-11,13-14,18,21,23H,12,15-16H2,1-5H3. The normalized spacial score (nSPS) is 23.0. The fraction of sp³-hybridized carbons (Fsp3) is 0.500. The van der Waals surface area contributed by atoms with E-state index in [4.69, 9.17) is 8.92 Å². The average molecular weight is 417 g/mol. The van der Waals surface area contributed by atoms with Crippen molar-refractivity contribution in [3.8, 4) is 5.75 Å². The molecule has 1 aliphatic rings. The van der Waals surface area contributed by atoms with Crippen molar-refractivity contribution >= 4 is 10.1 Å². The van der Waals surface area contributed by atoms with Gasteiger partial charge < -0.3 is 4.74 Å². The first-order chi connectivity index (χ1) is 13.6. The molecule has 1 aliphatic carbocycles. The van der Waals surface area contributed by atoms with Gasteiger partial charge in [0.1, 0.15) is 5.75 Å². The Morgan fingerprint density at radius 1 is 0.966 bits per heavy atom. The first kappa shape index (κ1) is 21.8. The molecule has 3 unspecified atom stereocenters. The molecule has 3 atom stereocenters. The lowest BCUT2D eigenvalue weighted by Crippen LogP contribution is -2.36. The molecule has 4 nitrogen and oxygen atoms in total. The molecular formula is C24H32O4S. The van der Waals surface area contributed by atoms with E-state index >= 15 is 0 Å². The largest absolute Gasteiger partial charge is 0.496 e. The molecule has 0 aromatic heterocycles. The third-order valence-electron chi connectivity index (χ3n) is 6.11. The summed E-state index contributed by atoms with van der Waals surface area (Å²) in [6.45, 7) is 8.69. The highest BCUT2D eigenvalue weighted by molar-refractivity contribution is 7.86. The third kappa shape index (κ3) is 5.01. The second-order valence-electron chi connectivity index (χ2n) is 9.13. The second-order valence-corrected chi connectivity index (χ2v) is 10.7. The van der Waals surface area contributed by atoms with E-state index in [-0.39, 0.29) is 16.2 Å².